The monoisotopic (exact) mass is 209 g/mol. The number of unbranched alkanes of at least 4 members (excludes halogenated alkanes) is 4. The summed E-state index contributed by atoms with van der Waals surface area (Å²) < 4.78 is 0. The van der Waals surface area contributed by atoms with E-state index in [2.05, 4.69) is 29.4 Å². The maximum Gasteiger partial charge on any atom is 0.0448 e. The number of nitrogens with zero attached hydrogens (tertiary/aromatic N) is 1. The number of aliphatic imine (C=N–C) groups is 1. The predicted octanol–water partition coefficient (Wildman–Crippen LogP) is 4.14. The Morgan fingerprint density at radius 1 is 1.29 bits per heavy atom. The molecular weight excluding hydrogens is 190 g/mol. The van der Waals surface area contributed by atoms with E-state index in [-0.39, 0.29) is 0 Å². The van der Waals surface area contributed by atoms with Crippen molar-refractivity contribution in [2.75, 3.05) is 6.54 Å². The second kappa shape index (κ2) is 7.74. The Labute approximate surface area is 90.9 Å². The molecule has 1 heterocycles. The van der Waals surface area contributed by atoms with Gasteiger partial charge in [0.15, 0.2) is 0 Å². The molecule has 0 aliphatic heterocycles. The van der Waals surface area contributed by atoms with Gasteiger partial charge >= 0.3 is 0 Å². The highest BCUT2D eigenvalue weighted by molar-refractivity contribution is 7.11. The molecular formula is C12H19NS. The normalized spacial score (nSPS) is 11.2. The lowest BCUT2D eigenvalue weighted by Gasteiger charge is -1.95. The first-order chi connectivity index (χ1) is 6.93. The summed E-state index contributed by atoms with van der Waals surface area (Å²) in [6.45, 7) is 3.23. The molecule has 1 nitrogen and oxygen atoms in total. The molecule has 0 fully saturated rings. The van der Waals surface area contributed by atoms with Crippen LogP contribution in [-0.2, 0) is 0 Å². The van der Waals surface area contributed by atoms with E-state index in [9.17, 15) is 0 Å². The Morgan fingerprint density at radius 3 is 2.86 bits per heavy atom. The van der Waals surface area contributed by atoms with Crippen LogP contribution >= 0.6 is 11.3 Å². The molecule has 0 N–H and O–H groups in total. The molecule has 2 heteroatoms. The van der Waals surface area contributed by atoms with Crippen molar-refractivity contribution in [1.29, 1.82) is 0 Å². The fourth-order valence-electron chi connectivity index (χ4n) is 1.33. The largest absolute Gasteiger partial charge is 0.292 e. The van der Waals surface area contributed by atoms with Gasteiger partial charge in [-0.1, -0.05) is 38.7 Å². The first-order valence-corrected chi connectivity index (χ1v) is 6.35. The maximum absolute atomic E-state index is 4.40. The zero-order chi connectivity index (χ0) is 10.1. The topological polar surface area (TPSA) is 12.4 Å². The highest BCUT2D eigenvalue weighted by Crippen LogP contribution is 2.05. The second-order valence-electron chi connectivity index (χ2n) is 3.46. The third-order valence-electron chi connectivity index (χ3n) is 2.15. The molecule has 1 aromatic heterocycles. The van der Waals surface area contributed by atoms with Crippen LogP contribution in [0.5, 0.6) is 0 Å². The van der Waals surface area contributed by atoms with Crippen molar-refractivity contribution in [2.45, 2.75) is 39.0 Å². The molecule has 0 saturated heterocycles. The van der Waals surface area contributed by atoms with Crippen molar-refractivity contribution in [1.82, 2.24) is 0 Å². The summed E-state index contributed by atoms with van der Waals surface area (Å²) in [7, 11) is 0. The van der Waals surface area contributed by atoms with Crippen LogP contribution in [0.1, 0.15) is 43.9 Å². The van der Waals surface area contributed by atoms with Crippen LogP contribution in [0.2, 0.25) is 0 Å². The van der Waals surface area contributed by atoms with E-state index < -0.39 is 0 Å². The molecule has 0 saturated carbocycles. The lowest BCUT2D eigenvalue weighted by molar-refractivity contribution is 0.639. The van der Waals surface area contributed by atoms with Gasteiger partial charge in [0, 0.05) is 17.6 Å². The van der Waals surface area contributed by atoms with Crippen LogP contribution in [0.15, 0.2) is 22.5 Å². The Kier molecular flexibility index (Phi) is 6.33. The molecule has 78 valence electrons. The van der Waals surface area contributed by atoms with Crippen LogP contribution in [0.3, 0.4) is 0 Å². The van der Waals surface area contributed by atoms with E-state index in [1.807, 2.05) is 6.21 Å². The van der Waals surface area contributed by atoms with E-state index in [4.69, 9.17) is 0 Å². The minimum Gasteiger partial charge on any atom is -0.292 e. The standard InChI is InChI=1S/C12H19NS/c1-2-3-4-5-6-9-13-11-12-8-7-10-14-12/h7-8,10-11H,2-6,9H2,1H3. The van der Waals surface area contributed by atoms with Crippen LogP contribution in [-0.4, -0.2) is 12.8 Å². The molecule has 0 atom stereocenters. The number of hydrogen-bond acceptors (Lipinski definition) is 2. The second-order valence-corrected chi connectivity index (χ2v) is 4.44. The minimum atomic E-state index is 0.988. The van der Waals surface area contributed by atoms with E-state index in [0.717, 1.165) is 6.54 Å². The zero-order valence-electron chi connectivity index (χ0n) is 8.91. The van der Waals surface area contributed by atoms with E-state index >= 15 is 0 Å². The molecule has 14 heavy (non-hydrogen) atoms. The first kappa shape index (κ1) is 11.4. The van der Waals surface area contributed by atoms with Gasteiger partial charge in [0.05, 0.1) is 0 Å². The first-order valence-electron chi connectivity index (χ1n) is 5.47. The van der Waals surface area contributed by atoms with Crippen molar-refractivity contribution in [2.24, 2.45) is 4.99 Å². The van der Waals surface area contributed by atoms with E-state index in [1.54, 1.807) is 11.3 Å². The van der Waals surface area contributed by atoms with Crippen molar-refractivity contribution < 1.29 is 0 Å². The fourth-order valence-corrected chi connectivity index (χ4v) is 1.93. The highest BCUT2D eigenvalue weighted by Gasteiger charge is 1.88. The number of hydrogen-bond donors (Lipinski definition) is 0. The van der Waals surface area contributed by atoms with Crippen LogP contribution in [0.4, 0.5) is 0 Å². The van der Waals surface area contributed by atoms with Gasteiger partial charge in [-0.05, 0) is 17.9 Å². The molecule has 1 rings (SSSR count). The maximum atomic E-state index is 4.40. The highest BCUT2D eigenvalue weighted by atomic mass is 32.1. The Bertz CT molecular complexity index is 239. The molecule has 0 amide bonds. The third-order valence-corrected chi connectivity index (χ3v) is 2.96. The quantitative estimate of drug-likeness (QED) is 0.473. The van der Waals surface area contributed by atoms with Gasteiger partial charge in [-0.25, -0.2) is 0 Å². The van der Waals surface area contributed by atoms with Crippen LogP contribution in [0, 0.1) is 0 Å². The van der Waals surface area contributed by atoms with Gasteiger partial charge in [0.1, 0.15) is 0 Å². The molecule has 0 spiro atoms. The van der Waals surface area contributed by atoms with E-state index in [0.29, 0.717) is 0 Å². The molecule has 0 aliphatic carbocycles. The van der Waals surface area contributed by atoms with Gasteiger partial charge in [-0.2, -0.15) is 0 Å². The Morgan fingerprint density at radius 2 is 2.14 bits per heavy atom. The summed E-state index contributed by atoms with van der Waals surface area (Å²) in [5, 5.41) is 2.09. The third kappa shape index (κ3) is 5.18. The predicted molar refractivity (Wildman–Crippen MR) is 65.5 cm³/mol. The average Bonchev–Trinajstić information content (AvgIpc) is 2.69. The summed E-state index contributed by atoms with van der Waals surface area (Å²) in [4.78, 5) is 5.66. The minimum absolute atomic E-state index is 0.988. The summed E-state index contributed by atoms with van der Waals surface area (Å²) in [6, 6.07) is 4.17. The summed E-state index contributed by atoms with van der Waals surface area (Å²) >= 11 is 1.75. The molecule has 0 radical (unpaired) electrons. The van der Waals surface area contributed by atoms with Gasteiger partial charge in [-0.15, -0.1) is 11.3 Å². The van der Waals surface area contributed by atoms with Gasteiger partial charge in [0.2, 0.25) is 0 Å². The molecule has 1 aromatic rings. The molecule has 0 unspecified atom stereocenters. The summed E-state index contributed by atoms with van der Waals surface area (Å²) in [6.07, 6.45) is 8.61. The molecule has 0 aromatic carbocycles. The van der Waals surface area contributed by atoms with E-state index in [1.165, 1.54) is 37.0 Å². The van der Waals surface area contributed by atoms with Crippen molar-refractivity contribution in [3.63, 3.8) is 0 Å². The van der Waals surface area contributed by atoms with Crippen molar-refractivity contribution >= 4 is 17.6 Å². The lowest BCUT2D eigenvalue weighted by Crippen LogP contribution is -1.83. The van der Waals surface area contributed by atoms with Gasteiger partial charge < -0.3 is 0 Å². The summed E-state index contributed by atoms with van der Waals surface area (Å²) in [5.74, 6) is 0. The van der Waals surface area contributed by atoms with Crippen LogP contribution in [0.25, 0.3) is 0 Å². The summed E-state index contributed by atoms with van der Waals surface area (Å²) in [5.41, 5.74) is 0. The Balaban J connectivity index is 1.98. The average molecular weight is 209 g/mol. The number of rotatable bonds is 7. The van der Waals surface area contributed by atoms with Crippen molar-refractivity contribution in [3.05, 3.63) is 22.4 Å². The van der Waals surface area contributed by atoms with Gasteiger partial charge in [0.25, 0.3) is 0 Å². The smallest absolute Gasteiger partial charge is 0.0448 e. The zero-order valence-corrected chi connectivity index (χ0v) is 9.72. The van der Waals surface area contributed by atoms with Crippen molar-refractivity contribution in [3.8, 4) is 0 Å². The van der Waals surface area contributed by atoms with Gasteiger partial charge in [-0.3, -0.25) is 4.99 Å². The Hall–Kier alpha value is -0.630. The fraction of sp³-hybridized carbons (Fsp3) is 0.583. The lowest BCUT2D eigenvalue weighted by atomic mass is 10.2. The molecule has 0 aliphatic rings. The molecule has 0 bridgehead atoms. The van der Waals surface area contributed by atoms with Crippen LogP contribution < -0.4 is 0 Å². The number of thiophene rings is 1. The SMILES string of the molecule is CCCCCCCN=Cc1cccs1.